The van der Waals surface area contributed by atoms with Crippen molar-refractivity contribution in [3.05, 3.63) is 105 Å². The second kappa shape index (κ2) is 10.5. The second-order valence-corrected chi connectivity index (χ2v) is 10.2. The monoisotopic (exact) mass is 499 g/mol. The molecular formula is C30H33N3O4. The minimum absolute atomic E-state index is 0.181. The summed E-state index contributed by atoms with van der Waals surface area (Å²) in [5.41, 5.74) is 3.94. The van der Waals surface area contributed by atoms with Gasteiger partial charge in [-0.1, -0.05) is 42.5 Å². The van der Waals surface area contributed by atoms with Gasteiger partial charge in [0.25, 0.3) is 5.56 Å². The van der Waals surface area contributed by atoms with E-state index in [1.807, 2.05) is 83.1 Å². The van der Waals surface area contributed by atoms with Gasteiger partial charge in [0, 0.05) is 17.4 Å². The summed E-state index contributed by atoms with van der Waals surface area (Å²) in [6.45, 7) is 11.5. The van der Waals surface area contributed by atoms with E-state index in [0.717, 1.165) is 16.7 Å². The van der Waals surface area contributed by atoms with E-state index < -0.39 is 11.6 Å². The maximum absolute atomic E-state index is 13.3. The minimum atomic E-state index is -0.609. The van der Waals surface area contributed by atoms with Crippen LogP contribution < -0.4 is 15.6 Å². The lowest BCUT2D eigenvalue weighted by Gasteiger charge is -2.23. The normalized spacial score (nSPS) is 12.3. The highest BCUT2D eigenvalue weighted by atomic mass is 16.6. The Hall–Kier alpha value is -4.13. The molecule has 192 valence electrons. The molecule has 2 aromatic carbocycles. The summed E-state index contributed by atoms with van der Waals surface area (Å²) in [4.78, 5) is 30.9. The lowest BCUT2D eigenvalue weighted by molar-refractivity contribution is 0.00706. The zero-order valence-electron chi connectivity index (χ0n) is 22.2. The summed E-state index contributed by atoms with van der Waals surface area (Å²) in [5.74, 6) is -0.0984. The molecule has 1 unspecified atom stereocenters. The Labute approximate surface area is 217 Å². The molecule has 1 atom stereocenters. The van der Waals surface area contributed by atoms with Gasteiger partial charge in [-0.25, -0.2) is 4.79 Å². The molecule has 2 heterocycles. The van der Waals surface area contributed by atoms with Crippen molar-refractivity contribution < 1.29 is 14.3 Å². The van der Waals surface area contributed by atoms with E-state index in [1.165, 1.54) is 0 Å². The topological polar surface area (TPSA) is 81.9 Å². The van der Waals surface area contributed by atoms with Gasteiger partial charge < -0.3 is 14.8 Å². The first-order chi connectivity index (χ1) is 17.5. The highest BCUT2D eigenvalue weighted by Gasteiger charge is 2.22. The number of pyridine rings is 1. The van der Waals surface area contributed by atoms with Crippen molar-refractivity contribution in [2.24, 2.45) is 0 Å². The van der Waals surface area contributed by atoms with Crippen LogP contribution in [-0.4, -0.2) is 21.0 Å². The quantitative estimate of drug-likeness (QED) is 0.313. The number of carbonyl (C=O) groups is 1. The van der Waals surface area contributed by atoms with Gasteiger partial charge >= 0.3 is 5.97 Å². The van der Waals surface area contributed by atoms with Gasteiger partial charge in [-0.05, 0) is 70.9 Å². The lowest BCUT2D eigenvalue weighted by Crippen LogP contribution is -2.25. The molecule has 0 saturated heterocycles. The zero-order chi connectivity index (χ0) is 26.7. The number of nitrogens with one attached hydrogen (secondary N) is 1. The molecular weight excluding hydrogens is 466 g/mol. The number of aryl methyl sites for hydroxylation is 1. The van der Waals surface area contributed by atoms with E-state index in [2.05, 4.69) is 5.32 Å². The summed E-state index contributed by atoms with van der Waals surface area (Å²) in [6.07, 6.45) is 1.78. The van der Waals surface area contributed by atoms with Crippen LogP contribution in [0.4, 0.5) is 5.69 Å². The fraction of sp³-hybridized carbons (Fsp3) is 0.300. The average molecular weight is 500 g/mol. The maximum atomic E-state index is 13.3. The third kappa shape index (κ3) is 6.00. The number of rotatable bonds is 7. The minimum Gasteiger partial charge on any atom is -0.472 e. The van der Waals surface area contributed by atoms with Crippen LogP contribution in [0.2, 0.25) is 0 Å². The van der Waals surface area contributed by atoms with E-state index in [-0.39, 0.29) is 11.6 Å². The number of fused-ring (bicyclic) bond motifs is 1. The molecule has 7 nitrogen and oxygen atoms in total. The first-order valence-electron chi connectivity index (χ1n) is 12.3. The second-order valence-electron chi connectivity index (χ2n) is 10.2. The molecule has 1 N–H and O–H groups in total. The van der Waals surface area contributed by atoms with Gasteiger partial charge in [-0.2, -0.15) is 4.98 Å². The first-order valence-corrected chi connectivity index (χ1v) is 12.3. The van der Waals surface area contributed by atoms with Crippen LogP contribution >= 0.6 is 0 Å². The van der Waals surface area contributed by atoms with Gasteiger partial charge in [0.1, 0.15) is 17.9 Å². The highest BCUT2D eigenvalue weighted by Crippen LogP contribution is 2.28. The van der Waals surface area contributed by atoms with Crippen LogP contribution in [0.3, 0.4) is 0 Å². The Balaban J connectivity index is 1.71. The van der Waals surface area contributed by atoms with E-state index in [4.69, 9.17) is 14.5 Å². The molecule has 0 aliphatic heterocycles. The molecule has 0 bridgehead atoms. The van der Waals surface area contributed by atoms with Gasteiger partial charge in [-0.3, -0.25) is 9.20 Å². The van der Waals surface area contributed by atoms with E-state index in [1.54, 1.807) is 29.7 Å². The number of anilines is 1. The fourth-order valence-electron chi connectivity index (χ4n) is 4.09. The SMILES string of the molecule is Cc1cc(C(C)Nc2ccccc2C(=O)OC(C)(C)C)c2nc(OCc3ccccc3)c(C)c(=O)n2c1. The number of nitrogens with zero attached hydrogens (tertiary/aromatic N) is 2. The van der Waals surface area contributed by atoms with E-state index in [9.17, 15) is 9.59 Å². The van der Waals surface area contributed by atoms with Crippen LogP contribution in [0.25, 0.3) is 5.65 Å². The van der Waals surface area contributed by atoms with Gasteiger partial charge in [-0.15, -0.1) is 0 Å². The summed E-state index contributed by atoms with van der Waals surface area (Å²) in [5, 5.41) is 3.43. The molecule has 0 saturated carbocycles. The van der Waals surface area contributed by atoms with Crippen molar-refractivity contribution in [3.63, 3.8) is 0 Å². The molecule has 4 rings (SSSR count). The highest BCUT2D eigenvalue weighted by molar-refractivity contribution is 5.96. The summed E-state index contributed by atoms with van der Waals surface area (Å²) >= 11 is 0. The smallest absolute Gasteiger partial charge is 0.340 e. The third-order valence-electron chi connectivity index (χ3n) is 5.87. The molecule has 0 spiro atoms. The van der Waals surface area contributed by atoms with Crippen molar-refractivity contribution in [1.29, 1.82) is 0 Å². The van der Waals surface area contributed by atoms with Crippen LogP contribution in [0, 0.1) is 13.8 Å². The van der Waals surface area contributed by atoms with Crippen molar-refractivity contribution >= 4 is 17.3 Å². The largest absolute Gasteiger partial charge is 0.472 e. The number of benzene rings is 2. The fourth-order valence-corrected chi connectivity index (χ4v) is 4.09. The molecule has 2 aromatic heterocycles. The zero-order valence-corrected chi connectivity index (χ0v) is 22.2. The van der Waals surface area contributed by atoms with E-state index >= 15 is 0 Å². The van der Waals surface area contributed by atoms with Crippen LogP contribution in [0.15, 0.2) is 71.7 Å². The molecule has 0 radical (unpaired) electrons. The van der Waals surface area contributed by atoms with Crippen LogP contribution in [0.1, 0.15) is 66.3 Å². The molecule has 37 heavy (non-hydrogen) atoms. The van der Waals surface area contributed by atoms with Crippen LogP contribution in [-0.2, 0) is 11.3 Å². The summed E-state index contributed by atoms with van der Waals surface area (Å²) < 4.78 is 13.1. The van der Waals surface area contributed by atoms with Gasteiger partial charge in [0.15, 0.2) is 0 Å². The predicted molar refractivity (Wildman–Crippen MR) is 145 cm³/mol. The number of esters is 1. The third-order valence-corrected chi connectivity index (χ3v) is 5.87. The summed E-state index contributed by atoms with van der Waals surface area (Å²) in [6, 6.07) is 18.7. The number of hydrogen-bond acceptors (Lipinski definition) is 6. The average Bonchev–Trinajstić information content (AvgIpc) is 2.85. The summed E-state index contributed by atoms with van der Waals surface area (Å²) in [7, 11) is 0. The Morgan fingerprint density at radius 2 is 1.73 bits per heavy atom. The standard InChI is InChI=1S/C30H33N3O4/c1-19-16-24(21(3)31-25-15-11-10-14-23(25)29(35)37-30(4,5)6)26-32-27(20(2)28(34)33(26)17-19)36-18-22-12-8-7-9-13-22/h7-17,21,31H,18H2,1-6H3. The number of hydrogen-bond donors (Lipinski definition) is 1. The van der Waals surface area contributed by atoms with Crippen molar-refractivity contribution in [2.75, 3.05) is 5.32 Å². The van der Waals surface area contributed by atoms with Gasteiger partial charge in [0.2, 0.25) is 5.88 Å². The molecule has 7 heteroatoms. The molecule has 4 aromatic rings. The molecule has 0 fully saturated rings. The Morgan fingerprint density at radius 1 is 1.05 bits per heavy atom. The molecule has 0 aliphatic rings. The van der Waals surface area contributed by atoms with Gasteiger partial charge in [0.05, 0.1) is 17.2 Å². The van der Waals surface area contributed by atoms with Crippen molar-refractivity contribution in [1.82, 2.24) is 9.38 Å². The van der Waals surface area contributed by atoms with Crippen LogP contribution in [0.5, 0.6) is 5.88 Å². The Bertz CT molecular complexity index is 1490. The Kier molecular flexibility index (Phi) is 7.34. The predicted octanol–water partition coefficient (Wildman–Crippen LogP) is 6.02. The number of aromatic nitrogens is 2. The Morgan fingerprint density at radius 3 is 2.43 bits per heavy atom. The van der Waals surface area contributed by atoms with Crippen molar-refractivity contribution in [2.45, 2.75) is 59.8 Å². The molecule has 0 aliphatic carbocycles. The lowest BCUT2D eigenvalue weighted by atomic mass is 10.1. The van der Waals surface area contributed by atoms with E-state index in [0.29, 0.717) is 34.9 Å². The first kappa shape index (κ1) is 25.9. The number of carbonyl (C=O) groups excluding carboxylic acids is 1. The maximum Gasteiger partial charge on any atom is 0.340 e. The van der Waals surface area contributed by atoms with Crippen molar-refractivity contribution in [3.8, 4) is 5.88 Å². The molecule has 0 amide bonds. The number of para-hydroxylation sites is 1. The number of ether oxygens (including phenoxy) is 2.